The Labute approximate surface area is 138 Å². The molecule has 4 rings (SSSR count). The van der Waals surface area contributed by atoms with Crippen LogP contribution in [0.25, 0.3) is 10.9 Å². The number of amides is 1. The van der Waals surface area contributed by atoms with Crippen LogP contribution in [-0.2, 0) is 11.3 Å². The largest absolute Gasteiger partial charge is 0.337 e. The fourth-order valence-corrected chi connectivity index (χ4v) is 2.85. The van der Waals surface area contributed by atoms with Crippen molar-refractivity contribution in [1.82, 2.24) is 19.7 Å². The smallest absolute Gasteiger partial charge is 0.248 e. The van der Waals surface area contributed by atoms with Crippen molar-refractivity contribution in [3.8, 4) is 0 Å². The maximum Gasteiger partial charge on any atom is 0.248 e. The van der Waals surface area contributed by atoms with Crippen molar-refractivity contribution in [3.63, 3.8) is 0 Å². The van der Waals surface area contributed by atoms with E-state index in [-0.39, 0.29) is 18.2 Å². The first-order valence-electron chi connectivity index (χ1n) is 7.93. The van der Waals surface area contributed by atoms with Gasteiger partial charge in [0.25, 0.3) is 0 Å². The Kier molecular flexibility index (Phi) is 3.41. The van der Waals surface area contributed by atoms with Crippen LogP contribution >= 0.6 is 0 Å². The second kappa shape index (κ2) is 5.59. The van der Waals surface area contributed by atoms with E-state index < -0.39 is 0 Å². The molecule has 122 valence electrons. The van der Waals surface area contributed by atoms with E-state index in [0.29, 0.717) is 17.4 Å². The second-order valence-corrected chi connectivity index (χ2v) is 6.11. The number of anilines is 1. The molecule has 0 saturated heterocycles. The lowest BCUT2D eigenvalue weighted by molar-refractivity contribution is -0.116. The number of carbonyl (C=O) groups is 2. The number of nitrogens with one attached hydrogen (secondary N) is 2. The van der Waals surface area contributed by atoms with E-state index in [9.17, 15) is 9.59 Å². The first kappa shape index (κ1) is 14.6. The van der Waals surface area contributed by atoms with Crippen molar-refractivity contribution in [2.24, 2.45) is 0 Å². The number of hydrogen-bond donors (Lipinski definition) is 2. The van der Waals surface area contributed by atoms with Gasteiger partial charge in [-0.05, 0) is 25.8 Å². The minimum Gasteiger partial charge on any atom is -0.337 e. The Morgan fingerprint density at radius 2 is 2.12 bits per heavy atom. The maximum absolute atomic E-state index is 12.3. The van der Waals surface area contributed by atoms with Crippen LogP contribution in [0.3, 0.4) is 0 Å². The van der Waals surface area contributed by atoms with Gasteiger partial charge in [0.2, 0.25) is 11.9 Å². The highest BCUT2D eigenvalue weighted by atomic mass is 16.2. The van der Waals surface area contributed by atoms with Gasteiger partial charge in [0.1, 0.15) is 12.4 Å². The van der Waals surface area contributed by atoms with E-state index in [4.69, 9.17) is 0 Å². The number of benzene rings is 1. The quantitative estimate of drug-likeness (QED) is 0.705. The molecule has 0 bridgehead atoms. The number of hydrogen-bond acceptors (Lipinski definition) is 4. The predicted molar refractivity (Wildman–Crippen MR) is 88.9 cm³/mol. The van der Waals surface area contributed by atoms with Gasteiger partial charge in [-0.25, -0.2) is 0 Å². The number of aromatic amines is 1. The van der Waals surface area contributed by atoms with Gasteiger partial charge in [-0.1, -0.05) is 18.2 Å². The molecule has 24 heavy (non-hydrogen) atoms. The second-order valence-electron chi connectivity index (χ2n) is 6.11. The van der Waals surface area contributed by atoms with Crippen molar-refractivity contribution in [2.75, 3.05) is 5.32 Å². The molecule has 0 atom stereocenters. The zero-order chi connectivity index (χ0) is 16.7. The molecule has 2 heterocycles. The first-order chi connectivity index (χ1) is 11.6. The Morgan fingerprint density at radius 3 is 2.88 bits per heavy atom. The summed E-state index contributed by atoms with van der Waals surface area (Å²) in [5, 5.41) is 10.4. The zero-order valence-corrected chi connectivity index (χ0v) is 13.2. The van der Waals surface area contributed by atoms with E-state index in [2.05, 4.69) is 20.5 Å². The Bertz CT molecular complexity index is 936. The van der Waals surface area contributed by atoms with Gasteiger partial charge in [0, 0.05) is 28.6 Å². The van der Waals surface area contributed by atoms with Crippen LogP contribution in [0.4, 0.5) is 5.95 Å². The Morgan fingerprint density at radius 1 is 1.33 bits per heavy atom. The van der Waals surface area contributed by atoms with Crippen molar-refractivity contribution in [2.45, 2.75) is 32.2 Å². The van der Waals surface area contributed by atoms with Crippen LogP contribution in [0, 0.1) is 0 Å². The van der Waals surface area contributed by atoms with Crippen LogP contribution in [0.1, 0.15) is 41.9 Å². The fraction of sp³-hybridized carbons (Fsp3) is 0.294. The highest BCUT2D eigenvalue weighted by molar-refractivity contribution is 6.07. The molecule has 3 aromatic rings. The molecule has 7 nitrogen and oxygen atoms in total. The number of Topliss-reactive ketones (excluding diaryl/α,β-unsaturated/α-hetero) is 1. The maximum atomic E-state index is 12.3. The van der Waals surface area contributed by atoms with Gasteiger partial charge >= 0.3 is 0 Å². The summed E-state index contributed by atoms with van der Waals surface area (Å²) in [5.74, 6) is 1.33. The average Bonchev–Trinajstić information content (AvgIpc) is 3.20. The topological polar surface area (TPSA) is 92.7 Å². The van der Waals surface area contributed by atoms with Gasteiger partial charge in [-0.15, -0.1) is 5.10 Å². The molecule has 0 spiro atoms. The first-order valence-corrected chi connectivity index (χ1v) is 7.93. The summed E-state index contributed by atoms with van der Waals surface area (Å²) in [6.07, 6.45) is 3.96. The predicted octanol–water partition coefficient (Wildman–Crippen LogP) is 2.48. The van der Waals surface area contributed by atoms with Crippen LogP contribution in [0.2, 0.25) is 0 Å². The van der Waals surface area contributed by atoms with E-state index in [1.54, 1.807) is 10.8 Å². The van der Waals surface area contributed by atoms with Crippen molar-refractivity contribution in [3.05, 3.63) is 41.9 Å². The molecule has 1 saturated carbocycles. The summed E-state index contributed by atoms with van der Waals surface area (Å²) in [6.45, 7) is 1.63. The van der Waals surface area contributed by atoms with E-state index in [0.717, 1.165) is 29.6 Å². The summed E-state index contributed by atoms with van der Waals surface area (Å²) in [7, 11) is 0. The van der Waals surface area contributed by atoms with Crippen LogP contribution < -0.4 is 5.32 Å². The van der Waals surface area contributed by atoms with Gasteiger partial charge < -0.3 is 4.57 Å². The number of nitrogens with zero attached hydrogens (tertiary/aromatic N) is 3. The van der Waals surface area contributed by atoms with E-state index >= 15 is 0 Å². The third-order valence-corrected chi connectivity index (χ3v) is 4.20. The van der Waals surface area contributed by atoms with Gasteiger partial charge in [-0.3, -0.25) is 20.0 Å². The number of H-pyrrole nitrogens is 1. The molecule has 1 fully saturated rings. The van der Waals surface area contributed by atoms with Gasteiger partial charge in [0.15, 0.2) is 5.78 Å². The van der Waals surface area contributed by atoms with Gasteiger partial charge in [0.05, 0.1) is 0 Å². The lowest BCUT2D eigenvalue weighted by Gasteiger charge is -2.04. The lowest BCUT2D eigenvalue weighted by atomic mass is 10.1. The summed E-state index contributed by atoms with van der Waals surface area (Å²) >= 11 is 0. The number of carbonyl (C=O) groups excluding carboxylic acids is 2. The van der Waals surface area contributed by atoms with Crippen molar-refractivity contribution < 1.29 is 9.59 Å². The molecular formula is C17H17N5O2. The molecule has 1 aliphatic rings. The van der Waals surface area contributed by atoms with Crippen LogP contribution in [0.15, 0.2) is 30.5 Å². The highest BCUT2D eigenvalue weighted by Gasteiger charge is 2.27. The summed E-state index contributed by atoms with van der Waals surface area (Å²) < 4.78 is 1.77. The fourth-order valence-electron chi connectivity index (χ4n) is 2.85. The van der Waals surface area contributed by atoms with Crippen molar-refractivity contribution in [1.29, 1.82) is 0 Å². The van der Waals surface area contributed by atoms with E-state index in [1.807, 2.05) is 24.3 Å². The molecule has 0 aliphatic heterocycles. The highest BCUT2D eigenvalue weighted by Crippen LogP contribution is 2.38. The standard InChI is InChI=1S/C17H17N5O2/c1-10(23)13-8-22(14-5-3-2-4-12(13)14)9-15(24)18-17-19-16(20-21-17)11-6-7-11/h2-5,8,11H,6-7,9H2,1H3,(H2,18,19,20,21,24). The monoisotopic (exact) mass is 323 g/mol. The number of para-hydroxylation sites is 1. The number of fused-ring (bicyclic) bond motifs is 1. The Balaban J connectivity index is 1.54. The van der Waals surface area contributed by atoms with Crippen LogP contribution in [-0.4, -0.2) is 31.4 Å². The zero-order valence-electron chi connectivity index (χ0n) is 13.2. The molecule has 2 aromatic heterocycles. The molecule has 1 amide bonds. The Hall–Kier alpha value is -2.96. The number of aromatic nitrogens is 4. The third-order valence-electron chi connectivity index (χ3n) is 4.20. The normalized spacial score (nSPS) is 14.0. The van der Waals surface area contributed by atoms with Gasteiger partial charge in [-0.2, -0.15) is 4.98 Å². The molecular weight excluding hydrogens is 306 g/mol. The molecule has 1 aliphatic carbocycles. The minimum atomic E-state index is -0.229. The SMILES string of the molecule is CC(=O)c1cn(CC(=O)Nc2n[nH]c(C3CC3)n2)c2ccccc12. The lowest BCUT2D eigenvalue weighted by Crippen LogP contribution is -2.19. The number of rotatable bonds is 5. The number of ketones is 1. The summed E-state index contributed by atoms with van der Waals surface area (Å²) in [6, 6.07) is 7.55. The molecule has 7 heteroatoms. The van der Waals surface area contributed by atoms with Crippen LogP contribution in [0.5, 0.6) is 0 Å². The molecule has 2 N–H and O–H groups in total. The molecule has 1 aromatic carbocycles. The van der Waals surface area contributed by atoms with Crippen molar-refractivity contribution >= 4 is 28.5 Å². The minimum absolute atomic E-state index is 0.0200. The third kappa shape index (κ3) is 2.68. The summed E-state index contributed by atoms with van der Waals surface area (Å²) in [4.78, 5) is 28.4. The average molecular weight is 323 g/mol. The molecule has 0 unspecified atom stereocenters. The summed E-state index contributed by atoms with van der Waals surface area (Å²) in [5.41, 5.74) is 1.47. The molecule has 0 radical (unpaired) electrons. The van der Waals surface area contributed by atoms with E-state index in [1.165, 1.54) is 6.92 Å².